The topological polar surface area (TPSA) is 109 Å². The monoisotopic (exact) mass is 275 g/mol. The van der Waals surface area contributed by atoms with Crippen molar-refractivity contribution in [3.63, 3.8) is 0 Å². The molecule has 2 atom stereocenters. The molecular weight excluding hydrogens is 258 g/mol. The zero-order valence-corrected chi connectivity index (χ0v) is 11.3. The van der Waals surface area contributed by atoms with Crippen molar-refractivity contribution in [2.45, 2.75) is 13.3 Å². The predicted molar refractivity (Wildman–Crippen MR) is 74.1 cm³/mol. The van der Waals surface area contributed by atoms with E-state index in [2.05, 4.69) is 11.9 Å². The van der Waals surface area contributed by atoms with E-state index in [-0.39, 0.29) is 11.4 Å². The number of pyridine rings is 1. The number of aromatic nitrogens is 1. The van der Waals surface area contributed by atoms with Crippen LogP contribution in [0.25, 0.3) is 0 Å². The van der Waals surface area contributed by atoms with Gasteiger partial charge < -0.3 is 10.6 Å². The number of nitrogens with zero attached hydrogens (tertiary/aromatic N) is 4. The molecule has 2 heterocycles. The van der Waals surface area contributed by atoms with E-state index in [1.54, 1.807) is 12.1 Å². The molecule has 20 heavy (non-hydrogen) atoms. The first-order valence-corrected chi connectivity index (χ1v) is 6.57. The van der Waals surface area contributed by atoms with Crippen molar-refractivity contribution < 1.29 is 4.92 Å². The van der Waals surface area contributed by atoms with Gasteiger partial charge in [-0.2, -0.15) is 5.26 Å². The van der Waals surface area contributed by atoms with E-state index in [1.165, 1.54) is 6.07 Å². The molecule has 0 saturated carbocycles. The second-order valence-electron chi connectivity index (χ2n) is 5.11. The van der Waals surface area contributed by atoms with Gasteiger partial charge in [0.15, 0.2) is 0 Å². The highest BCUT2D eigenvalue weighted by atomic mass is 16.6. The van der Waals surface area contributed by atoms with Gasteiger partial charge in [0.1, 0.15) is 11.9 Å². The number of hydrogen-bond acceptors (Lipinski definition) is 6. The van der Waals surface area contributed by atoms with E-state index in [9.17, 15) is 10.1 Å². The molecule has 106 valence electrons. The van der Waals surface area contributed by atoms with Crippen LogP contribution >= 0.6 is 0 Å². The van der Waals surface area contributed by atoms with E-state index >= 15 is 0 Å². The molecule has 7 heteroatoms. The van der Waals surface area contributed by atoms with Gasteiger partial charge in [0.05, 0.1) is 4.92 Å². The molecule has 0 radical (unpaired) electrons. The molecular formula is C13H17N5O2. The number of nitrogens with two attached hydrogens (primary N) is 1. The summed E-state index contributed by atoms with van der Waals surface area (Å²) < 4.78 is 0. The van der Waals surface area contributed by atoms with Gasteiger partial charge >= 0.3 is 5.69 Å². The first kappa shape index (κ1) is 14.2. The van der Waals surface area contributed by atoms with Crippen LogP contribution in [0, 0.1) is 33.3 Å². The largest absolute Gasteiger partial charge is 0.356 e. The highest BCUT2D eigenvalue weighted by Crippen LogP contribution is 2.27. The maximum atomic E-state index is 10.8. The average Bonchev–Trinajstić information content (AvgIpc) is 2.46. The molecule has 2 rings (SSSR count). The van der Waals surface area contributed by atoms with E-state index in [0.29, 0.717) is 24.2 Å². The summed E-state index contributed by atoms with van der Waals surface area (Å²) in [6.07, 6.45) is 1.00. The summed E-state index contributed by atoms with van der Waals surface area (Å²) in [7, 11) is 0. The first-order chi connectivity index (χ1) is 9.56. The molecule has 1 aromatic heterocycles. The van der Waals surface area contributed by atoms with Crippen molar-refractivity contribution in [1.82, 2.24) is 4.98 Å². The van der Waals surface area contributed by atoms with Crippen LogP contribution < -0.4 is 10.6 Å². The lowest BCUT2D eigenvalue weighted by Crippen LogP contribution is -2.43. The van der Waals surface area contributed by atoms with Crippen LogP contribution in [0.15, 0.2) is 12.1 Å². The Morgan fingerprint density at radius 1 is 1.65 bits per heavy atom. The van der Waals surface area contributed by atoms with Gasteiger partial charge in [-0.25, -0.2) is 4.98 Å². The summed E-state index contributed by atoms with van der Waals surface area (Å²) in [5.41, 5.74) is 5.37. The van der Waals surface area contributed by atoms with E-state index in [4.69, 9.17) is 11.0 Å². The molecule has 1 saturated heterocycles. The Hall–Kier alpha value is -2.20. The summed E-state index contributed by atoms with van der Waals surface area (Å²) in [5.74, 6) is 1.55. The zero-order valence-electron chi connectivity index (χ0n) is 11.3. The van der Waals surface area contributed by atoms with Gasteiger partial charge in [-0.05, 0) is 30.9 Å². The first-order valence-electron chi connectivity index (χ1n) is 6.57. The third kappa shape index (κ3) is 2.70. The van der Waals surface area contributed by atoms with E-state index in [0.717, 1.165) is 19.5 Å². The molecule has 1 fully saturated rings. The molecule has 2 unspecified atom stereocenters. The van der Waals surface area contributed by atoms with Crippen LogP contribution in [0.3, 0.4) is 0 Å². The number of nitriles is 1. The third-order valence-electron chi connectivity index (χ3n) is 3.90. The summed E-state index contributed by atoms with van der Waals surface area (Å²) in [4.78, 5) is 16.4. The smallest absolute Gasteiger partial charge is 0.305 e. The van der Waals surface area contributed by atoms with Crippen LogP contribution in [0.1, 0.15) is 19.0 Å². The lowest BCUT2D eigenvalue weighted by molar-refractivity contribution is -0.385. The van der Waals surface area contributed by atoms with Crippen molar-refractivity contribution in [1.29, 1.82) is 5.26 Å². The molecule has 1 aromatic rings. The summed E-state index contributed by atoms with van der Waals surface area (Å²) >= 11 is 0. The third-order valence-corrected chi connectivity index (χ3v) is 3.90. The highest BCUT2D eigenvalue weighted by Gasteiger charge is 2.27. The minimum absolute atomic E-state index is 0.143. The standard InChI is InChI=1S/C13H17N5O2/c1-9-4-5-17(8-10(9)6-14)13-3-2-12(18(19)20)11(7-15)16-13/h2-3,9-10H,4-6,8,14H2,1H3. The van der Waals surface area contributed by atoms with Crippen LogP contribution in [0.5, 0.6) is 0 Å². The molecule has 7 nitrogen and oxygen atoms in total. The van der Waals surface area contributed by atoms with Gasteiger partial charge in [0.2, 0.25) is 5.69 Å². The Labute approximate surface area is 117 Å². The van der Waals surface area contributed by atoms with Crippen molar-refractivity contribution >= 4 is 11.5 Å². The van der Waals surface area contributed by atoms with Gasteiger partial charge in [0, 0.05) is 19.2 Å². The van der Waals surface area contributed by atoms with Gasteiger partial charge in [-0.15, -0.1) is 0 Å². The van der Waals surface area contributed by atoms with E-state index in [1.807, 2.05) is 4.90 Å². The van der Waals surface area contributed by atoms with Crippen LogP contribution in [-0.2, 0) is 0 Å². The lowest BCUT2D eigenvalue weighted by atomic mass is 9.87. The average molecular weight is 275 g/mol. The molecule has 0 aromatic carbocycles. The van der Waals surface area contributed by atoms with Crippen LogP contribution in [0.4, 0.5) is 11.5 Å². The second-order valence-corrected chi connectivity index (χ2v) is 5.11. The lowest BCUT2D eigenvalue weighted by Gasteiger charge is -2.37. The quantitative estimate of drug-likeness (QED) is 0.657. The molecule has 1 aliphatic heterocycles. The predicted octanol–water partition coefficient (Wildman–Crippen LogP) is 1.28. The Kier molecular flexibility index (Phi) is 4.15. The Morgan fingerprint density at radius 2 is 2.40 bits per heavy atom. The maximum absolute atomic E-state index is 10.8. The summed E-state index contributed by atoms with van der Waals surface area (Å²) in [6.45, 7) is 4.38. The van der Waals surface area contributed by atoms with Crippen molar-refractivity contribution in [2.75, 3.05) is 24.5 Å². The van der Waals surface area contributed by atoms with Gasteiger partial charge in [0.25, 0.3) is 0 Å². The number of piperidine rings is 1. The molecule has 1 aliphatic rings. The fraction of sp³-hybridized carbons (Fsp3) is 0.538. The molecule has 2 N–H and O–H groups in total. The number of nitro groups is 1. The highest BCUT2D eigenvalue weighted by molar-refractivity contribution is 5.51. The minimum Gasteiger partial charge on any atom is -0.356 e. The van der Waals surface area contributed by atoms with Crippen LogP contribution in [-0.4, -0.2) is 29.5 Å². The van der Waals surface area contributed by atoms with Crippen LogP contribution in [0.2, 0.25) is 0 Å². The maximum Gasteiger partial charge on any atom is 0.305 e. The summed E-state index contributed by atoms with van der Waals surface area (Å²) in [6, 6.07) is 4.73. The normalized spacial score (nSPS) is 22.4. The fourth-order valence-corrected chi connectivity index (χ4v) is 2.51. The number of anilines is 1. The molecule has 0 amide bonds. The molecule has 0 bridgehead atoms. The minimum atomic E-state index is -0.587. The van der Waals surface area contributed by atoms with Gasteiger partial charge in [-0.3, -0.25) is 10.1 Å². The summed E-state index contributed by atoms with van der Waals surface area (Å²) in [5, 5.41) is 19.8. The molecule has 0 spiro atoms. The zero-order chi connectivity index (χ0) is 14.7. The van der Waals surface area contributed by atoms with Crippen molar-refractivity contribution in [3.8, 4) is 6.07 Å². The number of hydrogen-bond donors (Lipinski definition) is 1. The second kappa shape index (κ2) is 5.84. The Balaban J connectivity index is 2.26. The van der Waals surface area contributed by atoms with Crippen molar-refractivity contribution in [2.24, 2.45) is 17.6 Å². The Bertz CT molecular complexity index is 554. The molecule has 0 aliphatic carbocycles. The number of rotatable bonds is 3. The van der Waals surface area contributed by atoms with Crippen molar-refractivity contribution in [3.05, 3.63) is 27.9 Å². The van der Waals surface area contributed by atoms with Gasteiger partial charge in [-0.1, -0.05) is 6.92 Å². The van der Waals surface area contributed by atoms with E-state index < -0.39 is 4.92 Å². The fourth-order valence-electron chi connectivity index (χ4n) is 2.51. The Morgan fingerprint density at radius 3 is 3.00 bits per heavy atom. The SMILES string of the molecule is CC1CCN(c2ccc([N+](=O)[O-])c(C#N)n2)CC1CN.